The van der Waals surface area contributed by atoms with Crippen molar-refractivity contribution in [1.29, 1.82) is 0 Å². The van der Waals surface area contributed by atoms with Crippen molar-refractivity contribution in [3.63, 3.8) is 0 Å². The van der Waals surface area contributed by atoms with Crippen LogP contribution in [-0.4, -0.2) is 114 Å². The van der Waals surface area contributed by atoms with Crippen LogP contribution < -0.4 is 34.0 Å². The van der Waals surface area contributed by atoms with E-state index in [0.717, 1.165) is 13.7 Å². The normalized spacial score (nSPS) is 28.9. The fourth-order valence-electron chi connectivity index (χ4n) is 6.06. The number of aliphatic hydroxyl groups excluding tert-OH is 5. The molecule has 2 fully saturated rings. The number of ether oxygens (including phenoxy) is 3. The summed E-state index contributed by atoms with van der Waals surface area (Å²) in [4.78, 5) is 65.5. The number of aliphatic hydroxyl groups is 5. The quantitative estimate of drug-likeness (QED) is 0.0708. The summed E-state index contributed by atoms with van der Waals surface area (Å²) in [5.41, 5.74) is 6.64. The van der Waals surface area contributed by atoms with Crippen molar-refractivity contribution in [2.45, 2.75) is 61.9 Å². The highest BCUT2D eigenvalue weighted by atomic mass is 16.8. The summed E-state index contributed by atoms with van der Waals surface area (Å²) in [6, 6.07) is 0. The van der Waals surface area contributed by atoms with E-state index in [-0.39, 0.29) is 35.7 Å². The van der Waals surface area contributed by atoms with Crippen LogP contribution in [0.5, 0.6) is 0 Å². The third-order valence-electron chi connectivity index (χ3n) is 8.19. The molecule has 6 heterocycles. The number of fused-ring (bicyclic) bond motifs is 2. The zero-order valence-electron chi connectivity index (χ0n) is 24.9. The smallest absolute Gasteiger partial charge is 0.335 e. The number of allylic oxidation sites excluding steroid dienone is 2. The lowest BCUT2D eigenvalue weighted by Crippen LogP contribution is -2.53. The van der Waals surface area contributed by atoms with E-state index in [9.17, 15) is 44.7 Å². The van der Waals surface area contributed by atoms with E-state index in [0.29, 0.717) is 4.57 Å². The molecule has 22 nitrogen and oxygen atoms in total. The molecule has 0 bridgehead atoms. The molecule has 0 radical (unpaired) electrons. The standard InChI is InChI=1S/C26H32N10O12/c1-3-5-33-11-17(29-22(27)31-19(11)42)35(24(33)44)21-15(40)13(38)10(47-21)8-46-26(16(41)14(39)9(7-37)48-26)36-18-12(20(43)32-23(28)30-18)34(6-4-2)25(36)45/h3-4,9-10,13-16,21,37-41H,1-2,5-8H2,(H3,27,29,31,42)(H3,28,30,32,43)/t9-,10-,13-,14-,15-,16-,21-,26-/m1/s1. The van der Waals surface area contributed by atoms with Gasteiger partial charge in [0.15, 0.2) is 34.7 Å². The fourth-order valence-corrected chi connectivity index (χ4v) is 6.06. The van der Waals surface area contributed by atoms with Gasteiger partial charge in [-0.05, 0) is 0 Å². The number of nitrogens with two attached hydrogens (primary N) is 2. The Hall–Kier alpha value is -4.94. The number of hydrogen-bond acceptors (Lipinski definition) is 16. The van der Waals surface area contributed by atoms with E-state index in [2.05, 4.69) is 33.1 Å². The molecule has 0 saturated carbocycles. The summed E-state index contributed by atoms with van der Waals surface area (Å²) in [6.45, 7) is 5.07. The highest BCUT2D eigenvalue weighted by Gasteiger charge is 2.60. The minimum Gasteiger partial charge on any atom is -0.394 e. The predicted molar refractivity (Wildman–Crippen MR) is 162 cm³/mol. The second kappa shape index (κ2) is 11.9. The Balaban J connectivity index is 1.44. The number of H-pyrrole nitrogens is 2. The molecule has 8 atom stereocenters. The molecule has 2 saturated heterocycles. The van der Waals surface area contributed by atoms with Gasteiger partial charge in [-0.2, -0.15) is 9.97 Å². The maximum atomic E-state index is 13.8. The van der Waals surface area contributed by atoms with Crippen LogP contribution in [0, 0.1) is 0 Å². The molecule has 0 aliphatic carbocycles. The fraction of sp³-hybridized carbons (Fsp3) is 0.462. The van der Waals surface area contributed by atoms with E-state index in [1.165, 1.54) is 12.2 Å². The molecule has 6 rings (SSSR count). The van der Waals surface area contributed by atoms with E-state index >= 15 is 0 Å². The van der Waals surface area contributed by atoms with Crippen molar-refractivity contribution in [3.05, 3.63) is 67.0 Å². The van der Waals surface area contributed by atoms with Crippen molar-refractivity contribution in [2.24, 2.45) is 0 Å². The third-order valence-corrected chi connectivity index (χ3v) is 8.19. The number of nitrogens with one attached hydrogen (secondary N) is 2. The number of nitrogens with zero attached hydrogens (tertiary/aromatic N) is 6. The lowest BCUT2D eigenvalue weighted by Gasteiger charge is -2.33. The molecule has 2 aliphatic rings. The lowest BCUT2D eigenvalue weighted by atomic mass is 10.1. The monoisotopic (exact) mass is 676 g/mol. The maximum absolute atomic E-state index is 13.8. The summed E-state index contributed by atoms with van der Waals surface area (Å²) in [5, 5.41) is 54.0. The van der Waals surface area contributed by atoms with Gasteiger partial charge in [0.2, 0.25) is 11.9 Å². The van der Waals surface area contributed by atoms with E-state index in [1.54, 1.807) is 0 Å². The van der Waals surface area contributed by atoms with Gasteiger partial charge in [0.1, 0.15) is 30.5 Å². The van der Waals surface area contributed by atoms with Crippen LogP contribution >= 0.6 is 0 Å². The minimum absolute atomic E-state index is 0.142. The molecular formula is C26H32N10O12. The Bertz CT molecular complexity index is 2160. The number of anilines is 2. The van der Waals surface area contributed by atoms with Crippen LogP contribution in [0.15, 0.2) is 44.5 Å². The number of imidazole rings is 2. The summed E-state index contributed by atoms with van der Waals surface area (Å²) in [5.74, 6) is -3.53. The second-order valence-corrected chi connectivity index (χ2v) is 11.1. The Morgan fingerprint density at radius 1 is 0.854 bits per heavy atom. The van der Waals surface area contributed by atoms with Gasteiger partial charge in [-0.1, -0.05) is 12.2 Å². The molecule has 0 amide bonds. The van der Waals surface area contributed by atoms with Crippen LogP contribution in [0.3, 0.4) is 0 Å². The first-order chi connectivity index (χ1) is 22.8. The predicted octanol–water partition coefficient (Wildman–Crippen LogP) is -5.32. The Morgan fingerprint density at radius 3 is 1.98 bits per heavy atom. The summed E-state index contributed by atoms with van der Waals surface area (Å²) in [7, 11) is 0. The molecule has 0 unspecified atom stereocenters. The van der Waals surface area contributed by atoms with Gasteiger partial charge in [0.25, 0.3) is 17.0 Å². The van der Waals surface area contributed by atoms with E-state index in [4.69, 9.17) is 25.7 Å². The topological polar surface area (TPSA) is 326 Å². The zero-order chi connectivity index (χ0) is 34.8. The molecule has 2 aliphatic heterocycles. The third kappa shape index (κ3) is 4.73. The minimum atomic E-state index is -2.74. The molecule has 11 N–H and O–H groups in total. The SMILES string of the molecule is C=CCn1c(=O)n([C@@H]2O[C@H](CO[C@@]3(n4c(=O)n(CC=C)c5c(=O)[nH]c(N)nc54)O[C@H](CO)[C@@H](O)[C@H]3O)[C@@H](O)[C@H]2O)c2nc(N)[nH]c(=O)c21. The van der Waals surface area contributed by atoms with Crippen LogP contribution in [-0.2, 0) is 33.2 Å². The maximum Gasteiger partial charge on any atom is 0.335 e. The highest BCUT2D eigenvalue weighted by molar-refractivity contribution is 5.72. The molecule has 258 valence electrons. The van der Waals surface area contributed by atoms with E-state index in [1.807, 2.05) is 0 Å². The van der Waals surface area contributed by atoms with Gasteiger partial charge in [-0.3, -0.25) is 28.7 Å². The average Bonchev–Trinajstić information content (AvgIpc) is 3.66. The van der Waals surface area contributed by atoms with Crippen LogP contribution in [0.1, 0.15) is 6.23 Å². The van der Waals surface area contributed by atoms with Crippen molar-refractivity contribution in [3.8, 4) is 0 Å². The molecule has 4 aromatic heterocycles. The number of nitrogen functional groups attached to an aromatic ring is 2. The molecule has 4 aromatic rings. The van der Waals surface area contributed by atoms with Crippen LogP contribution in [0.4, 0.5) is 11.9 Å². The Morgan fingerprint density at radius 2 is 1.42 bits per heavy atom. The molecule has 48 heavy (non-hydrogen) atoms. The number of hydrogen-bond donors (Lipinski definition) is 9. The van der Waals surface area contributed by atoms with Crippen molar-refractivity contribution < 1.29 is 39.7 Å². The largest absolute Gasteiger partial charge is 0.394 e. The Labute approximate surface area is 266 Å². The zero-order valence-corrected chi connectivity index (χ0v) is 24.9. The summed E-state index contributed by atoms with van der Waals surface area (Å²) < 4.78 is 20.9. The van der Waals surface area contributed by atoms with Crippen molar-refractivity contribution >= 4 is 34.2 Å². The van der Waals surface area contributed by atoms with Gasteiger partial charge in [0.05, 0.1) is 13.2 Å². The number of aromatic nitrogens is 8. The molecule has 0 spiro atoms. The molecule has 0 aromatic carbocycles. The first-order valence-corrected chi connectivity index (χ1v) is 14.3. The molecular weight excluding hydrogens is 644 g/mol. The van der Waals surface area contributed by atoms with E-state index < -0.39 is 96.1 Å². The van der Waals surface area contributed by atoms with Crippen LogP contribution in [0.25, 0.3) is 22.3 Å². The van der Waals surface area contributed by atoms with Gasteiger partial charge >= 0.3 is 11.4 Å². The van der Waals surface area contributed by atoms with Crippen LogP contribution in [0.2, 0.25) is 0 Å². The van der Waals surface area contributed by atoms with Gasteiger partial charge in [-0.25, -0.2) is 18.7 Å². The highest BCUT2D eigenvalue weighted by Crippen LogP contribution is 2.39. The summed E-state index contributed by atoms with van der Waals surface area (Å²) in [6.07, 6.45) is -9.81. The summed E-state index contributed by atoms with van der Waals surface area (Å²) >= 11 is 0. The number of aromatic amines is 2. The average molecular weight is 677 g/mol. The van der Waals surface area contributed by atoms with Gasteiger partial charge in [0, 0.05) is 13.1 Å². The first kappa shape index (κ1) is 33.0. The lowest BCUT2D eigenvalue weighted by molar-refractivity contribution is -0.324. The number of rotatable bonds is 10. The van der Waals surface area contributed by atoms with Gasteiger partial charge in [-0.15, -0.1) is 13.2 Å². The Kier molecular flexibility index (Phi) is 8.20. The first-order valence-electron chi connectivity index (χ1n) is 14.3. The molecule has 22 heteroatoms. The van der Waals surface area contributed by atoms with Crippen molar-refractivity contribution in [2.75, 3.05) is 24.7 Å². The second-order valence-electron chi connectivity index (χ2n) is 11.1. The van der Waals surface area contributed by atoms with Gasteiger partial charge < -0.3 is 51.2 Å². The van der Waals surface area contributed by atoms with Crippen molar-refractivity contribution in [1.82, 2.24) is 38.2 Å².